The Morgan fingerprint density at radius 3 is 2.17 bits per heavy atom. The monoisotopic (exact) mass is 353 g/mol. The summed E-state index contributed by atoms with van der Waals surface area (Å²) in [5.74, 6) is -4.15. The molecule has 0 aliphatic heterocycles. The van der Waals surface area contributed by atoms with E-state index in [9.17, 15) is 39.9 Å². The van der Waals surface area contributed by atoms with Crippen LogP contribution in [-0.4, -0.2) is 31.5 Å². The van der Waals surface area contributed by atoms with E-state index < -0.39 is 48.7 Å². The lowest BCUT2D eigenvalue weighted by molar-refractivity contribution is -0.167. The number of benzene rings is 1. The van der Waals surface area contributed by atoms with Crippen LogP contribution in [-0.2, 0) is 4.79 Å². The highest BCUT2D eigenvalue weighted by atomic mass is 19.4. The molecule has 0 saturated heterocycles. The minimum atomic E-state index is -5.24. The van der Waals surface area contributed by atoms with Gasteiger partial charge in [0.25, 0.3) is 0 Å². The van der Waals surface area contributed by atoms with Crippen molar-refractivity contribution in [3.05, 3.63) is 18.2 Å². The molecule has 0 aliphatic carbocycles. The predicted molar refractivity (Wildman–Crippen MR) is 59.3 cm³/mol. The summed E-state index contributed by atoms with van der Waals surface area (Å²) in [6.07, 6.45) is -10.0. The molecule has 1 N–H and O–H groups in total. The van der Waals surface area contributed by atoms with Gasteiger partial charge in [-0.25, -0.2) is 0 Å². The molecule has 0 radical (unpaired) electrons. The smallest absolute Gasteiger partial charge is 0.471 e. The fourth-order valence-corrected chi connectivity index (χ4v) is 1.25. The Kier molecular flexibility index (Phi) is 5.61. The Morgan fingerprint density at radius 1 is 1.09 bits per heavy atom. The molecular formula is C11H7F8NO3. The molecule has 0 spiro atoms. The SMILES string of the molecule is O=C(Nc1ccc(OCC(F)(F)F)c(OC(F)F)c1)C(F)(F)F. The highest BCUT2D eigenvalue weighted by Gasteiger charge is 2.38. The largest absolute Gasteiger partial charge is 0.480 e. The van der Waals surface area contributed by atoms with Crippen molar-refractivity contribution < 1.29 is 49.4 Å². The Hall–Kier alpha value is -2.27. The van der Waals surface area contributed by atoms with E-state index in [2.05, 4.69) is 9.47 Å². The molecule has 4 nitrogen and oxygen atoms in total. The average molecular weight is 353 g/mol. The van der Waals surface area contributed by atoms with Crippen molar-refractivity contribution in [2.45, 2.75) is 19.0 Å². The first-order valence-corrected chi connectivity index (χ1v) is 5.55. The van der Waals surface area contributed by atoms with Crippen molar-refractivity contribution in [2.75, 3.05) is 11.9 Å². The number of carbonyl (C=O) groups excluding carboxylic acids is 1. The van der Waals surface area contributed by atoms with E-state index in [4.69, 9.17) is 0 Å². The highest BCUT2D eigenvalue weighted by molar-refractivity contribution is 5.95. The summed E-state index contributed by atoms with van der Waals surface area (Å²) >= 11 is 0. The number of hydrogen-bond donors (Lipinski definition) is 1. The number of rotatable bonds is 5. The van der Waals surface area contributed by atoms with Crippen molar-refractivity contribution in [1.29, 1.82) is 0 Å². The molecule has 1 rings (SSSR count). The number of amides is 1. The summed E-state index contributed by atoms with van der Waals surface area (Å²) in [6, 6.07) is 1.85. The third-order valence-electron chi connectivity index (χ3n) is 2.07. The fraction of sp³-hybridized carbons (Fsp3) is 0.364. The maximum Gasteiger partial charge on any atom is 0.471 e. The summed E-state index contributed by atoms with van der Waals surface area (Å²) in [4.78, 5) is 10.7. The van der Waals surface area contributed by atoms with E-state index in [1.54, 1.807) is 0 Å². The third kappa shape index (κ3) is 6.57. The molecule has 23 heavy (non-hydrogen) atoms. The molecule has 0 atom stereocenters. The minimum Gasteiger partial charge on any atom is -0.480 e. The van der Waals surface area contributed by atoms with Crippen LogP contribution in [0.4, 0.5) is 40.8 Å². The van der Waals surface area contributed by atoms with E-state index in [1.165, 1.54) is 5.32 Å². The summed E-state index contributed by atoms with van der Waals surface area (Å²) in [5.41, 5.74) is -0.623. The zero-order chi connectivity index (χ0) is 17.8. The van der Waals surface area contributed by atoms with E-state index in [0.717, 1.165) is 6.07 Å². The highest BCUT2D eigenvalue weighted by Crippen LogP contribution is 2.33. The number of ether oxygens (including phenoxy) is 2. The summed E-state index contributed by atoms with van der Waals surface area (Å²) in [7, 11) is 0. The second-order valence-corrected chi connectivity index (χ2v) is 3.90. The van der Waals surface area contributed by atoms with Crippen molar-refractivity contribution >= 4 is 11.6 Å². The van der Waals surface area contributed by atoms with Gasteiger partial charge in [-0.1, -0.05) is 0 Å². The van der Waals surface area contributed by atoms with Crippen LogP contribution in [0.2, 0.25) is 0 Å². The van der Waals surface area contributed by atoms with Crippen LogP contribution >= 0.6 is 0 Å². The number of carbonyl (C=O) groups is 1. The Morgan fingerprint density at radius 2 is 1.70 bits per heavy atom. The quantitative estimate of drug-likeness (QED) is 0.821. The van der Waals surface area contributed by atoms with Crippen molar-refractivity contribution in [2.24, 2.45) is 0 Å². The van der Waals surface area contributed by atoms with Crippen molar-refractivity contribution in [1.82, 2.24) is 0 Å². The van der Waals surface area contributed by atoms with Gasteiger partial charge in [-0.15, -0.1) is 0 Å². The van der Waals surface area contributed by atoms with Gasteiger partial charge in [-0.3, -0.25) is 4.79 Å². The maximum absolute atomic E-state index is 12.2. The summed E-state index contributed by atoms with van der Waals surface area (Å²) < 4.78 is 105. The van der Waals surface area contributed by atoms with Gasteiger partial charge >= 0.3 is 24.9 Å². The van der Waals surface area contributed by atoms with Gasteiger partial charge in [0.05, 0.1) is 0 Å². The fourth-order valence-electron chi connectivity index (χ4n) is 1.25. The normalized spacial score (nSPS) is 12.2. The Balaban J connectivity index is 2.98. The van der Waals surface area contributed by atoms with Crippen LogP contribution in [0.5, 0.6) is 11.5 Å². The zero-order valence-electron chi connectivity index (χ0n) is 10.8. The molecule has 0 bridgehead atoms. The van der Waals surface area contributed by atoms with E-state index in [-0.39, 0.29) is 0 Å². The van der Waals surface area contributed by atoms with Crippen LogP contribution in [0.25, 0.3) is 0 Å². The molecule has 0 heterocycles. The van der Waals surface area contributed by atoms with Gasteiger partial charge < -0.3 is 14.8 Å². The van der Waals surface area contributed by atoms with Gasteiger partial charge in [-0.05, 0) is 12.1 Å². The summed E-state index contributed by atoms with van der Waals surface area (Å²) in [6.45, 7) is -5.31. The van der Waals surface area contributed by atoms with Crippen LogP contribution in [0, 0.1) is 0 Å². The number of hydrogen-bond acceptors (Lipinski definition) is 3. The first-order valence-electron chi connectivity index (χ1n) is 5.55. The van der Waals surface area contributed by atoms with Gasteiger partial charge in [0.1, 0.15) is 0 Å². The average Bonchev–Trinajstić information content (AvgIpc) is 2.34. The molecular weight excluding hydrogens is 346 g/mol. The van der Waals surface area contributed by atoms with Crippen molar-refractivity contribution in [3.63, 3.8) is 0 Å². The minimum absolute atomic E-state index is 0.474. The Labute approximate surface area is 123 Å². The van der Waals surface area contributed by atoms with Gasteiger partial charge in [-0.2, -0.15) is 35.1 Å². The maximum atomic E-state index is 12.2. The molecule has 130 valence electrons. The van der Waals surface area contributed by atoms with Crippen LogP contribution in [0.15, 0.2) is 18.2 Å². The molecule has 0 unspecified atom stereocenters. The molecule has 1 amide bonds. The second-order valence-electron chi connectivity index (χ2n) is 3.90. The van der Waals surface area contributed by atoms with E-state index >= 15 is 0 Å². The molecule has 12 heteroatoms. The lowest BCUT2D eigenvalue weighted by Crippen LogP contribution is -2.29. The lowest BCUT2D eigenvalue weighted by Gasteiger charge is -2.15. The first kappa shape index (κ1) is 18.8. The van der Waals surface area contributed by atoms with Crippen LogP contribution < -0.4 is 14.8 Å². The predicted octanol–water partition coefficient (Wildman–Crippen LogP) is 3.73. The van der Waals surface area contributed by atoms with Gasteiger partial charge in [0.2, 0.25) is 0 Å². The number of alkyl halides is 8. The van der Waals surface area contributed by atoms with Gasteiger partial charge in [0.15, 0.2) is 18.1 Å². The number of halogens is 8. The number of nitrogens with one attached hydrogen (secondary N) is 1. The third-order valence-corrected chi connectivity index (χ3v) is 2.07. The summed E-state index contributed by atoms with van der Waals surface area (Å²) in [5, 5.41) is 1.33. The number of anilines is 1. The van der Waals surface area contributed by atoms with E-state index in [0.29, 0.717) is 12.1 Å². The van der Waals surface area contributed by atoms with Crippen LogP contribution in [0.1, 0.15) is 0 Å². The van der Waals surface area contributed by atoms with Crippen molar-refractivity contribution in [3.8, 4) is 11.5 Å². The molecule has 1 aromatic rings. The first-order chi connectivity index (χ1) is 10.4. The lowest BCUT2D eigenvalue weighted by atomic mass is 10.2. The molecule has 0 fully saturated rings. The van der Waals surface area contributed by atoms with E-state index in [1.807, 2.05) is 0 Å². The van der Waals surface area contributed by atoms with Gasteiger partial charge in [0, 0.05) is 11.8 Å². The standard InChI is InChI=1S/C11H7F8NO3/c12-9(13)23-7-3-5(20-8(21)11(17,18)19)1-2-6(7)22-4-10(14,15)16/h1-3,9H,4H2,(H,20,21). The second kappa shape index (κ2) is 6.87. The molecule has 0 saturated carbocycles. The van der Waals surface area contributed by atoms with Crippen LogP contribution in [0.3, 0.4) is 0 Å². The Bertz CT molecular complexity index is 555. The molecule has 0 aliphatic rings. The topological polar surface area (TPSA) is 47.6 Å². The zero-order valence-corrected chi connectivity index (χ0v) is 10.8. The molecule has 1 aromatic carbocycles. The molecule has 0 aromatic heterocycles.